The second-order valence-corrected chi connectivity index (χ2v) is 4.32. The van der Waals surface area contributed by atoms with Crippen LogP contribution in [0.1, 0.15) is 0 Å². The average Bonchev–Trinajstić information content (AvgIpc) is 2.42. The maximum absolute atomic E-state index is 11.8. The fourth-order valence-electron chi connectivity index (χ4n) is 1.39. The Kier molecular flexibility index (Phi) is 4.30. The van der Waals surface area contributed by atoms with E-state index in [0.717, 1.165) is 0 Å². The number of carbonyl (C=O) groups excluding carboxylic acids is 1. The highest BCUT2D eigenvalue weighted by atomic mass is 79.9. The molecule has 7 heteroatoms. The molecule has 0 aliphatic carbocycles. The number of halogens is 1. The lowest BCUT2D eigenvalue weighted by Crippen LogP contribution is -2.20. The van der Waals surface area contributed by atoms with Gasteiger partial charge in [0.25, 0.3) is 0 Å². The molecule has 0 spiro atoms. The molecule has 2 rings (SSSR count). The number of hydrogen-bond donors (Lipinski definition) is 2. The number of para-hydroxylation sites is 2. The van der Waals surface area contributed by atoms with Crippen LogP contribution in [0, 0.1) is 0 Å². The molecule has 0 aliphatic rings. The summed E-state index contributed by atoms with van der Waals surface area (Å²) >= 11 is 3.17. The van der Waals surface area contributed by atoms with Gasteiger partial charge >= 0.3 is 6.03 Å². The van der Waals surface area contributed by atoms with Gasteiger partial charge in [-0.05, 0) is 28.1 Å². The zero-order chi connectivity index (χ0) is 13.7. The smallest absolute Gasteiger partial charge is 0.324 e. The first kappa shape index (κ1) is 13.3. The topological polar surface area (TPSA) is 76.1 Å². The molecule has 0 saturated carbocycles. The zero-order valence-corrected chi connectivity index (χ0v) is 11.6. The Morgan fingerprint density at radius 2 is 2.00 bits per heavy atom. The number of ether oxygens (including phenoxy) is 1. The molecule has 0 atom stereocenters. The van der Waals surface area contributed by atoms with E-state index in [1.54, 1.807) is 25.3 Å². The zero-order valence-electron chi connectivity index (χ0n) is 10.1. The summed E-state index contributed by atoms with van der Waals surface area (Å²) in [4.78, 5) is 19.7. The summed E-state index contributed by atoms with van der Waals surface area (Å²) in [6.45, 7) is 0. The number of rotatable bonds is 3. The fraction of sp³-hybridized carbons (Fsp3) is 0.0833. The molecule has 0 bridgehead atoms. The lowest BCUT2D eigenvalue weighted by molar-refractivity contribution is 0.262. The van der Waals surface area contributed by atoms with Gasteiger partial charge in [-0.25, -0.2) is 14.8 Å². The molecule has 0 fully saturated rings. The van der Waals surface area contributed by atoms with Crippen LogP contribution in [-0.2, 0) is 0 Å². The van der Waals surface area contributed by atoms with Crippen molar-refractivity contribution in [3.8, 4) is 5.75 Å². The average molecular weight is 323 g/mol. The van der Waals surface area contributed by atoms with Crippen LogP contribution in [-0.4, -0.2) is 23.1 Å². The van der Waals surface area contributed by atoms with E-state index in [9.17, 15) is 4.79 Å². The minimum absolute atomic E-state index is 0.357. The number of nitrogens with zero attached hydrogens (tertiary/aromatic N) is 2. The number of anilines is 2. The Hall–Kier alpha value is -2.15. The Morgan fingerprint density at radius 3 is 2.68 bits per heavy atom. The van der Waals surface area contributed by atoms with Crippen molar-refractivity contribution in [1.82, 2.24) is 9.97 Å². The van der Waals surface area contributed by atoms with Crippen LogP contribution in [0.2, 0.25) is 0 Å². The van der Waals surface area contributed by atoms with Crippen LogP contribution in [0.25, 0.3) is 0 Å². The Morgan fingerprint density at radius 1 is 1.21 bits per heavy atom. The molecule has 2 amide bonds. The van der Waals surface area contributed by atoms with Crippen LogP contribution >= 0.6 is 15.9 Å². The van der Waals surface area contributed by atoms with E-state index in [2.05, 4.69) is 36.5 Å². The summed E-state index contributed by atoms with van der Waals surface area (Å²) in [7, 11) is 1.54. The van der Waals surface area contributed by atoms with Gasteiger partial charge in [-0.3, -0.25) is 5.32 Å². The second-order valence-electron chi connectivity index (χ2n) is 3.50. The third kappa shape index (κ3) is 3.65. The van der Waals surface area contributed by atoms with Crippen LogP contribution in [0.3, 0.4) is 0 Å². The maximum atomic E-state index is 11.8. The first-order chi connectivity index (χ1) is 9.19. The minimum atomic E-state index is -0.416. The molecule has 0 radical (unpaired) electrons. The minimum Gasteiger partial charge on any atom is -0.495 e. The summed E-state index contributed by atoms with van der Waals surface area (Å²) < 4.78 is 5.74. The van der Waals surface area contributed by atoms with Crippen molar-refractivity contribution >= 4 is 33.5 Å². The van der Waals surface area contributed by atoms with E-state index in [4.69, 9.17) is 4.74 Å². The second kappa shape index (κ2) is 6.14. The van der Waals surface area contributed by atoms with Gasteiger partial charge in [0, 0.05) is 0 Å². The predicted octanol–water partition coefficient (Wildman–Crippen LogP) is 2.89. The number of urea groups is 1. The molecule has 2 aromatic rings. The van der Waals surface area contributed by atoms with E-state index in [1.807, 2.05) is 6.07 Å². The van der Waals surface area contributed by atoms with Crippen LogP contribution in [0.15, 0.2) is 41.3 Å². The van der Waals surface area contributed by atoms with E-state index in [-0.39, 0.29) is 0 Å². The Bertz CT molecular complexity index is 574. The highest BCUT2D eigenvalue weighted by Crippen LogP contribution is 2.23. The SMILES string of the molecule is COc1ccccc1NC(=O)Nc1cnc(Br)cn1. The van der Waals surface area contributed by atoms with Gasteiger partial charge < -0.3 is 10.1 Å². The Balaban J connectivity index is 2.03. The number of nitrogens with one attached hydrogen (secondary N) is 2. The van der Waals surface area contributed by atoms with E-state index < -0.39 is 6.03 Å². The van der Waals surface area contributed by atoms with Crippen molar-refractivity contribution < 1.29 is 9.53 Å². The summed E-state index contributed by atoms with van der Waals surface area (Å²) in [6.07, 6.45) is 2.95. The van der Waals surface area contributed by atoms with Crippen molar-refractivity contribution in [2.24, 2.45) is 0 Å². The normalized spacial score (nSPS) is 9.79. The molecule has 19 heavy (non-hydrogen) atoms. The summed E-state index contributed by atoms with van der Waals surface area (Å²) in [5.41, 5.74) is 0.576. The quantitative estimate of drug-likeness (QED) is 0.911. The van der Waals surface area contributed by atoms with Crippen LogP contribution in [0.5, 0.6) is 5.75 Å². The van der Waals surface area contributed by atoms with Gasteiger partial charge in [0.05, 0.1) is 25.2 Å². The molecule has 1 heterocycles. The molecule has 0 aliphatic heterocycles. The molecule has 98 valence electrons. The highest BCUT2D eigenvalue weighted by Gasteiger charge is 2.07. The predicted molar refractivity (Wildman–Crippen MR) is 75.4 cm³/mol. The lowest BCUT2D eigenvalue weighted by atomic mass is 10.3. The van der Waals surface area contributed by atoms with Crippen molar-refractivity contribution in [2.75, 3.05) is 17.7 Å². The summed E-state index contributed by atoms with van der Waals surface area (Å²) in [6, 6.07) is 6.71. The van der Waals surface area contributed by atoms with E-state index >= 15 is 0 Å². The standard InChI is InChI=1S/C12H11BrN4O2/c1-19-9-5-3-2-4-8(9)16-12(18)17-11-7-14-10(13)6-15-11/h2-7H,1H3,(H2,15,16,17,18). The van der Waals surface area contributed by atoms with Gasteiger partial charge in [-0.2, -0.15) is 0 Å². The number of amides is 2. The first-order valence-corrected chi connectivity index (χ1v) is 6.17. The number of carbonyl (C=O) groups is 1. The molecule has 6 nitrogen and oxygen atoms in total. The number of methoxy groups -OCH3 is 1. The van der Waals surface area contributed by atoms with Gasteiger partial charge in [-0.15, -0.1) is 0 Å². The van der Waals surface area contributed by atoms with Crippen LogP contribution in [0.4, 0.5) is 16.3 Å². The van der Waals surface area contributed by atoms with Gasteiger partial charge in [0.15, 0.2) is 5.82 Å². The van der Waals surface area contributed by atoms with E-state index in [0.29, 0.717) is 21.9 Å². The van der Waals surface area contributed by atoms with Crippen molar-refractivity contribution in [1.29, 1.82) is 0 Å². The molecule has 0 unspecified atom stereocenters. The third-order valence-electron chi connectivity index (χ3n) is 2.22. The molecule has 1 aromatic carbocycles. The molecule has 2 N–H and O–H groups in total. The third-order valence-corrected chi connectivity index (χ3v) is 2.63. The summed E-state index contributed by atoms with van der Waals surface area (Å²) in [5, 5.41) is 5.24. The molecule has 1 aromatic heterocycles. The molecular formula is C12H11BrN4O2. The van der Waals surface area contributed by atoms with Crippen molar-refractivity contribution in [3.63, 3.8) is 0 Å². The highest BCUT2D eigenvalue weighted by molar-refractivity contribution is 9.10. The number of hydrogen-bond acceptors (Lipinski definition) is 4. The molecular weight excluding hydrogens is 312 g/mol. The monoisotopic (exact) mass is 322 g/mol. The van der Waals surface area contributed by atoms with E-state index in [1.165, 1.54) is 12.4 Å². The van der Waals surface area contributed by atoms with Crippen molar-refractivity contribution in [3.05, 3.63) is 41.3 Å². The largest absolute Gasteiger partial charge is 0.495 e. The molecule has 0 saturated heterocycles. The van der Waals surface area contributed by atoms with Crippen LogP contribution < -0.4 is 15.4 Å². The van der Waals surface area contributed by atoms with Gasteiger partial charge in [0.1, 0.15) is 10.4 Å². The van der Waals surface area contributed by atoms with Crippen molar-refractivity contribution in [2.45, 2.75) is 0 Å². The number of benzene rings is 1. The fourth-order valence-corrected chi connectivity index (χ4v) is 1.60. The lowest BCUT2D eigenvalue weighted by Gasteiger charge is -2.10. The number of aromatic nitrogens is 2. The Labute approximate surface area is 118 Å². The van der Waals surface area contributed by atoms with Gasteiger partial charge in [0.2, 0.25) is 0 Å². The first-order valence-electron chi connectivity index (χ1n) is 5.37. The van der Waals surface area contributed by atoms with Gasteiger partial charge in [-0.1, -0.05) is 12.1 Å². The summed E-state index contributed by atoms with van der Waals surface area (Å²) in [5.74, 6) is 0.940. The maximum Gasteiger partial charge on any atom is 0.324 e.